The number of rotatable bonds is 5. The van der Waals surface area contributed by atoms with Crippen molar-refractivity contribution in [3.8, 4) is 11.5 Å². The zero-order valence-electron chi connectivity index (χ0n) is 15.7. The van der Waals surface area contributed by atoms with Gasteiger partial charge in [0.15, 0.2) is 17.3 Å². The molecule has 0 atom stereocenters. The Hall–Kier alpha value is -2.38. The molecule has 0 radical (unpaired) electrons. The van der Waals surface area contributed by atoms with Crippen molar-refractivity contribution in [2.75, 3.05) is 18.4 Å². The number of nitrogens with zero attached hydrogens (tertiary/aromatic N) is 2. The third-order valence-corrected chi connectivity index (χ3v) is 5.43. The summed E-state index contributed by atoms with van der Waals surface area (Å²) in [6.45, 7) is 3.70. The third-order valence-electron chi connectivity index (χ3n) is 5.43. The van der Waals surface area contributed by atoms with Gasteiger partial charge in [-0.1, -0.05) is 6.07 Å². The van der Waals surface area contributed by atoms with E-state index in [1.54, 1.807) is 4.57 Å². The van der Waals surface area contributed by atoms with Gasteiger partial charge in [0.1, 0.15) is 0 Å². The van der Waals surface area contributed by atoms with Crippen LogP contribution in [0.5, 0.6) is 11.5 Å². The second-order valence-electron chi connectivity index (χ2n) is 7.47. The summed E-state index contributed by atoms with van der Waals surface area (Å²) in [5.74, 6) is 1.86. The average Bonchev–Trinajstić information content (AvgIpc) is 2.67. The minimum absolute atomic E-state index is 0.172. The molecule has 7 heteroatoms. The first kappa shape index (κ1) is 18.0. The van der Waals surface area contributed by atoms with E-state index in [4.69, 9.17) is 10.5 Å². The number of anilines is 2. The third kappa shape index (κ3) is 3.84. The van der Waals surface area contributed by atoms with Crippen molar-refractivity contribution in [2.24, 2.45) is 5.73 Å². The predicted octanol–water partition coefficient (Wildman–Crippen LogP) is 2.82. The molecule has 144 valence electrons. The van der Waals surface area contributed by atoms with Crippen molar-refractivity contribution in [3.05, 3.63) is 40.4 Å². The number of benzene rings is 1. The predicted molar refractivity (Wildman–Crippen MR) is 106 cm³/mol. The highest BCUT2D eigenvalue weighted by molar-refractivity contribution is 5.72. The summed E-state index contributed by atoms with van der Waals surface area (Å²) in [5.41, 5.74) is 7.30. The van der Waals surface area contributed by atoms with Gasteiger partial charge in [-0.25, -0.2) is 4.79 Å². The first-order valence-electron chi connectivity index (χ1n) is 9.76. The maximum atomic E-state index is 12.6. The van der Waals surface area contributed by atoms with Crippen molar-refractivity contribution in [2.45, 2.75) is 51.1 Å². The molecule has 4 rings (SSSR count). The molecule has 1 fully saturated rings. The largest absolute Gasteiger partial charge is 0.450 e. The van der Waals surface area contributed by atoms with Crippen LogP contribution in [0, 0.1) is 6.92 Å². The number of nitrogens with two attached hydrogens (primary N) is 1. The number of nitrogens with one attached hydrogen (secondary N) is 2. The second-order valence-corrected chi connectivity index (χ2v) is 7.47. The first-order valence-corrected chi connectivity index (χ1v) is 9.76. The smallest absolute Gasteiger partial charge is 0.350 e. The van der Waals surface area contributed by atoms with E-state index in [1.165, 1.54) is 0 Å². The van der Waals surface area contributed by atoms with Gasteiger partial charge < -0.3 is 21.1 Å². The zero-order valence-corrected chi connectivity index (χ0v) is 15.7. The van der Waals surface area contributed by atoms with Crippen LogP contribution in [0.15, 0.2) is 29.2 Å². The van der Waals surface area contributed by atoms with Crippen LogP contribution in [0.3, 0.4) is 0 Å². The van der Waals surface area contributed by atoms with Gasteiger partial charge in [-0.15, -0.1) is 0 Å². The molecule has 27 heavy (non-hydrogen) atoms. The number of aromatic nitrogens is 2. The molecule has 2 aromatic rings. The van der Waals surface area contributed by atoms with Crippen molar-refractivity contribution < 1.29 is 4.74 Å². The number of ether oxygens (including phenoxy) is 1. The van der Waals surface area contributed by atoms with Crippen LogP contribution in [0.4, 0.5) is 11.5 Å². The van der Waals surface area contributed by atoms with Crippen molar-refractivity contribution in [1.29, 1.82) is 0 Å². The molecule has 1 saturated carbocycles. The van der Waals surface area contributed by atoms with Gasteiger partial charge in [0, 0.05) is 12.1 Å². The molecule has 0 spiro atoms. The fourth-order valence-corrected chi connectivity index (χ4v) is 3.92. The first-order chi connectivity index (χ1) is 13.1. The molecule has 1 aromatic carbocycles. The van der Waals surface area contributed by atoms with Gasteiger partial charge in [0.25, 0.3) is 0 Å². The highest BCUT2D eigenvalue weighted by atomic mass is 16.5. The normalized spacial score (nSPS) is 21.0. The Kier molecular flexibility index (Phi) is 5.13. The molecule has 0 unspecified atom stereocenters. The molecule has 7 nitrogen and oxygen atoms in total. The van der Waals surface area contributed by atoms with Gasteiger partial charge in [0.2, 0.25) is 0 Å². The van der Waals surface area contributed by atoms with E-state index in [9.17, 15) is 4.79 Å². The molecule has 2 heterocycles. The highest BCUT2D eigenvalue weighted by Gasteiger charge is 2.26. The SMILES string of the molecule is Cc1ccc2c(c1)Nc1nc(=O)n([C@H]3CC[C@H](NCCCN)CC3)cc1O2. The van der Waals surface area contributed by atoms with Crippen molar-refractivity contribution in [3.63, 3.8) is 0 Å². The fraction of sp³-hybridized carbons (Fsp3) is 0.500. The Morgan fingerprint density at radius 3 is 2.89 bits per heavy atom. The van der Waals surface area contributed by atoms with Crippen molar-refractivity contribution in [1.82, 2.24) is 14.9 Å². The van der Waals surface area contributed by atoms with Gasteiger partial charge >= 0.3 is 5.69 Å². The van der Waals surface area contributed by atoms with Crippen molar-refractivity contribution >= 4 is 11.5 Å². The van der Waals surface area contributed by atoms with E-state index in [1.807, 2.05) is 31.3 Å². The Labute approximate surface area is 158 Å². The standard InChI is InChI=1S/C20H27N5O2/c1-13-3-8-17-16(11-13)23-19-18(27-17)12-25(20(26)24-19)15-6-4-14(5-7-15)22-10-2-9-21/h3,8,11-12,14-15,22H,2,4-7,9-10,21H2,1H3,(H,23,24,26)/t14-,15-. The molecular formula is C20H27N5O2. The number of hydrogen-bond donors (Lipinski definition) is 3. The number of aryl methyl sites for hydroxylation is 1. The van der Waals surface area contributed by atoms with Gasteiger partial charge in [-0.3, -0.25) is 4.57 Å². The van der Waals surface area contributed by atoms with Crippen LogP contribution in [-0.2, 0) is 0 Å². The van der Waals surface area contributed by atoms with Crippen LogP contribution in [0.25, 0.3) is 0 Å². The Bertz CT molecular complexity index is 871. The van der Waals surface area contributed by atoms with Gasteiger partial charge in [-0.2, -0.15) is 4.98 Å². The van der Waals surface area contributed by atoms with Crippen LogP contribution >= 0.6 is 0 Å². The summed E-state index contributed by atoms with van der Waals surface area (Å²) in [6.07, 6.45) is 6.85. The summed E-state index contributed by atoms with van der Waals surface area (Å²) in [6, 6.07) is 6.63. The zero-order chi connectivity index (χ0) is 18.8. The lowest BCUT2D eigenvalue weighted by molar-refractivity contribution is 0.282. The summed E-state index contributed by atoms with van der Waals surface area (Å²) in [4.78, 5) is 16.8. The van der Waals surface area contributed by atoms with E-state index in [2.05, 4.69) is 15.6 Å². The van der Waals surface area contributed by atoms with Crippen LogP contribution in [0.2, 0.25) is 0 Å². The summed E-state index contributed by atoms with van der Waals surface area (Å²) in [7, 11) is 0. The van der Waals surface area contributed by atoms with E-state index in [0.29, 0.717) is 17.6 Å². The Morgan fingerprint density at radius 1 is 1.30 bits per heavy atom. The summed E-state index contributed by atoms with van der Waals surface area (Å²) in [5, 5.41) is 6.78. The lowest BCUT2D eigenvalue weighted by Crippen LogP contribution is -2.37. The molecule has 1 aliphatic heterocycles. The fourth-order valence-electron chi connectivity index (χ4n) is 3.92. The lowest BCUT2D eigenvalue weighted by Gasteiger charge is -2.31. The molecule has 1 aromatic heterocycles. The molecule has 0 amide bonds. The molecule has 0 saturated heterocycles. The topological polar surface area (TPSA) is 94.2 Å². The van der Waals surface area contributed by atoms with E-state index in [0.717, 1.165) is 62.2 Å². The molecule has 1 aliphatic carbocycles. The maximum absolute atomic E-state index is 12.6. The Morgan fingerprint density at radius 2 is 2.11 bits per heavy atom. The number of fused-ring (bicyclic) bond motifs is 2. The van der Waals surface area contributed by atoms with Gasteiger partial charge in [0.05, 0.1) is 11.9 Å². The minimum Gasteiger partial charge on any atom is -0.450 e. The lowest BCUT2D eigenvalue weighted by atomic mass is 9.91. The molecule has 0 bridgehead atoms. The quantitative estimate of drug-likeness (QED) is 0.599. The average molecular weight is 369 g/mol. The van der Waals surface area contributed by atoms with E-state index >= 15 is 0 Å². The second kappa shape index (κ2) is 7.70. The molecule has 4 N–H and O–H groups in total. The van der Waals surface area contributed by atoms with Crippen LogP contribution < -0.4 is 26.8 Å². The van der Waals surface area contributed by atoms with Gasteiger partial charge in [-0.05, 0) is 69.8 Å². The van der Waals surface area contributed by atoms with Crippen LogP contribution in [-0.4, -0.2) is 28.7 Å². The molecule has 2 aliphatic rings. The number of hydrogen-bond acceptors (Lipinski definition) is 6. The maximum Gasteiger partial charge on any atom is 0.350 e. The summed E-state index contributed by atoms with van der Waals surface area (Å²) < 4.78 is 7.74. The minimum atomic E-state index is -0.222. The monoisotopic (exact) mass is 369 g/mol. The molecular weight excluding hydrogens is 342 g/mol. The van der Waals surface area contributed by atoms with E-state index in [-0.39, 0.29) is 11.7 Å². The Balaban J connectivity index is 1.48. The summed E-state index contributed by atoms with van der Waals surface area (Å²) >= 11 is 0. The van der Waals surface area contributed by atoms with Crippen LogP contribution in [0.1, 0.15) is 43.7 Å². The highest BCUT2D eigenvalue weighted by Crippen LogP contribution is 2.41. The van der Waals surface area contributed by atoms with E-state index < -0.39 is 0 Å².